The number of urea groups is 1. The second-order valence-electron chi connectivity index (χ2n) is 14.1. The van der Waals surface area contributed by atoms with Gasteiger partial charge in [0.1, 0.15) is 35.2 Å². The smallest absolute Gasteiger partial charge is 0.416 e. The van der Waals surface area contributed by atoms with Gasteiger partial charge in [-0.05, 0) is 92.4 Å². The summed E-state index contributed by atoms with van der Waals surface area (Å²) in [5.74, 6) is 1.20. The van der Waals surface area contributed by atoms with Gasteiger partial charge < -0.3 is 15.4 Å². The number of rotatable bonds is 11. The number of anilines is 3. The van der Waals surface area contributed by atoms with Crippen LogP contribution in [0.2, 0.25) is 0 Å². The van der Waals surface area contributed by atoms with E-state index in [1.165, 1.54) is 49.4 Å². The fourth-order valence-electron chi connectivity index (χ4n) is 6.84. The SMILES string of the molecule is Cc1cc(C(F)(F)F)cc(N2C(=O)NC[C@H]2C(=O)N(CC#Cc2ccc(NC(=O)CCCOc3ccc4c(c3)C(=O)N(C3CCC(=O)NC3=O)C4=O)nn2)c2ccc(F)cc2)n1. The Morgan fingerprint density at radius 1 is 0.952 bits per heavy atom. The van der Waals surface area contributed by atoms with E-state index in [2.05, 4.69) is 43.0 Å². The van der Waals surface area contributed by atoms with Crippen molar-refractivity contribution in [3.8, 4) is 17.6 Å². The highest BCUT2D eigenvalue weighted by molar-refractivity contribution is 6.23. The van der Waals surface area contributed by atoms with Crippen LogP contribution in [0.15, 0.2) is 66.7 Å². The van der Waals surface area contributed by atoms with Crippen LogP contribution in [0.3, 0.4) is 0 Å². The molecular weight excluding hydrogens is 822 g/mol. The third kappa shape index (κ3) is 9.18. The lowest BCUT2D eigenvalue weighted by Gasteiger charge is -2.28. The Labute approximate surface area is 348 Å². The molecule has 3 aliphatic heterocycles. The summed E-state index contributed by atoms with van der Waals surface area (Å²) in [7, 11) is 0. The van der Waals surface area contributed by atoms with Crippen molar-refractivity contribution >= 4 is 58.8 Å². The molecule has 8 amide bonds. The minimum atomic E-state index is -4.74. The Kier molecular flexibility index (Phi) is 11.9. The number of nitrogens with zero attached hydrogens (tertiary/aromatic N) is 6. The fraction of sp³-hybridized carbons (Fsp3) is 0.268. The Morgan fingerprint density at radius 2 is 1.71 bits per heavy atom. The molecule has 2 aromatic heterocycles. The van der Waals surface area contributed by atoms with E-state index in [1.807, 2.05) is 0 Å². The normalized spacial score (nSPS) is 17.2. The molecule has 318 valence electrons. The van der Waals surface area contributed by atoms with Gasteiger partial charge in [-0.25, -0.2) is 14.2 Å². The fourth-order valence-corrected chi connectivity index (χ4v) is 6.84. The predicted molar refractivity (Wildman–Crippen MR) is 208 cm³/mol. The summed E-state index contributed by atoms with van der Waals surface area (Å²) >= 11 is 0. The number of benzene rings is 2. The molecule has 2 fully saturated rings. The molecule has 0 saturated carbocycles. The lowest BCUT2D eigenvalue weighted by Crippen LogP contribution is -2.54. The van der Waals surface area contributed by atoms with Gasteiger partial charge in [0.25, 0.3) is 17.7 Å². The predicted octanol–water partition coefficient (Wildman–Crippen LogP) is 3.52. The highest BCUT2D eigenvalue weighted by atomic mass is 19.4. The van der Waals surface area contributed by atoms with Crippen LogP contribution in [0, 0.1) is 24.6 Å². The molecule has 5 heterocycles. The number of fused-ring (bicyclic) bond motifs is 1. The van der Waals surface area contributed by atoms with E-state index < -0.39 is 71.1 Å². The number of pyridine rings is 1. The lowest BCUT2D eigenvalue weighted by molar-refractivity contribution is -0.138. The second kappa shape index (κ2) is 17.5. The number of carbonyl (C=O) groups is 7. The third-order valence-corrected chi connectivity index (χ3v) is 9.79. The average molecular weight is 856 g/mol. The first-order valence-corrected chi connectivity index (χ1v) is 18.9. The van der Waals surface area contributed by atoms with E-state index in [1.54, 1.807) is 0 Å². The van der Waals surface area contributed by atoms with Gasteiger partial charge in [-0.15, -0.1) is 10.2 Å². The maximum absolute atomic E-state index is 14.0. The number of piperidine rings is 1. The van der Waals surface area contributed by atoms with E-state index >= 15 is 0 Å². The summed E-state index contributed by atoms with van der Waals surface area (Å²) in [5.41, 5.74) is -0.610. The Hall–Kier alpha value is -7.76. The largest absolute Gasteiger partial charge is 0.494 e. The van der Waals surface area contributed by atoms with E-state index in [0.29, 0.717) is 6.07 Å². The summed E-state index contributed by atoms with van der Waals surface area (Å²) in [4.78, 5) is 96.1. The molecule has 62 heavy (non-hydrogen) atoms. The molecule has 3 aliphatic rings. The molecule has 17 nitrogen and oxygen atoms in total. The number of halogens is 4. The quantitative estimate of drug-likeness (QED) is 0.0860. The molecule has 0 spiro atoms. The number of aryl methyl sites for hydroxylation is 1. The van der Waals surface area contributed by atoms with Crippen molar-refractivity contribution in [1.82, 2.24) is 30.7 Å². The minimum Gasteiger partial charge on any atom is -0.494 e. The molecule has 7 rings (SSSR count). The minimum absolute atomic E-state index is 0.00507. The number of amides is 8. The molecular formula is C41H33F4N9O8. The van der Waals surface area contributed by atoms with Crippen molar-refractivity contribution in [2.75, 3.05) is 34.8 Å². The van der Waals surface area contributed by atoms with E-state index in [9.17, 15) is 51.1 Å². The van der Waals surface area contributed by atoms with Crippen molar-refractivity contribution in [2.45, 2.75) is 50.9 Å². The Balaban J connectivity index is 0.934. The van der Waals surface area contributed by atoms with Gasteiger partial charge in [0.15, 0.2) is 5.82 Å². The zero-order valence-electron chi connectivity index (χ0n) is 32.4. The summed E-state index contributed by atoms with van der Waals surface area (Å²) in [6.45, 7) is 0.807. The first-order valence-electron chi connectivity index (χ1n) is 18.9. The highest BCUT2D eigenvalue weighted by Gasteiger charge is 2.45. The van der Waals surface area contributed by atoms with Gasteiger partial charge in [-0.1, -0.05) is 5.92 Å². The number of aromatic nitrogens is 3. The highest BCUT2D eigenvalue weighted by Crippen LogP contribution is 2.34. The van der Waals surface area contributed by atoms with Gasteiger partial charge >= 0.3 is 12.2 Å². The number of carbonyl (C=O) groups excluding carboxylic acids is 7. The summed E-state index contributed by atoms with van der Waals surface area (Å²) in [5, 5.41) is 15.1. The molecule has 4 aromatic rings. The first-order chi connectivity index (χ1) is 29.6. The van der Waals surface area contributed by atoms with Gasteiger partial charge in [0, 0.05) is 30.8 Å². The zero-order chi connectivity index (χ0) is 44.3. The van der Waals surface area contributed by atoms with Crippen molar-refractivity contribution in [1.29, 1.82) is 0 Å². The topological polar surface area (TPSA) is 213 Å². The van der Waals surface area contributed by atoms with Gasteiger partial charge in [-0.3, -0.25) is 48.8 Å². The average Bonchev–Trinajstić information content (AvgIpc) is 3.73. The lowest BCUT2D eigenvalue weighted by atomic mass is 10.0. The summed E-state index contributed by atoms with van der Waals surface area (Å²) in [6, 6.07) is 10.2. The number of hydrogen-bond donors (Lipinski definition) is 3. The maximum atomic E-state index is 14.0. The van der Waals surface area contributed by atoms with E-state index in [0.717, 1.165) is 32.9 Å². The number of ether oxygens (including phenoxy) is 1. The van der Waals surface area contributed by atoms with Crippen LogP contribution in [-0.2, 0) is 25.4 Å². The molecule has 2 aromatic carbocycles. The van der Waals surface area contributed by atoms with Crippen LogP contribution in [0.5, 0.6) is 5.75 Å². The van der Waals surface area contributed by atoms with Crippen LogP contribution in [0.25, 0.3) is 0 Å². The molecule has 0 radical (unpaired) electrons. The van der Waals surface area contributed by atoms with Crippen molar-refractivity contribution in [3.63, 3.8) is 0 Å². The number of nitrogens with one attached hydrogen (secondary N) is 3. The van der Waals surface area contributed by atoms with Crippen LogP contribution >= 0.6 is 0 Å². The second-order valence-corrected chi connectivity index (χ2v) is 14.1. The van der Waals surface area contributed by atoms with Crippen molar-refractivity contribution in [2.24, 2.45) is 0 Å². The Morgan fingerprint density at radius 3 is 2.42 bits per heavy atom. The molecule has 2 saturated heterocycles. The first kappa shape index (κ1) is 42.4. The molecule has 2 atom stereocenters. The maximum Gasteiger partial charge on any atom is 0.416 e. The van der Waals surface area contributed by atoms with E-state index in [4.69, 9.17) is 4.74 Å². The van der Waals surface area contributed by atoms with Crippen molar-refractivity contribution in [3.05, 3.63) is 101 Å². The van der Waals surface area contributed by atoms with Crippen LogP contribution in [0.4, 0.5) is 39.7 Å². The molecule has 0 bridgehead atoms. The molecule has 21 heteroatoms. The van der Waals surface area contributed by atoms with Crippen LogP contribution in [0.1, 0.15) is 63.4 Å². The van der Waals surface area contributed by atoms with E-state index in [-0.39, 0.29) is 91.0 Å². The number of imide groups is 2. The molecule has 3 N–H and O–H groups in total. The molecule has 1 unspecified atom stereocenters. The number of alkyl halides is 3. The summed E-state index contributed by atoms with van der Waals surface area (Å²) in [6.07, 6.45) is -4.47. The van der Waals surface area contributed by atoms with Gasteiger partial charge in [0.05, 0.1) is 29.8 Å². The summed E-state index contributed by atoms with van der Waals surface area (Å²) < 4.78 is 60.4. The monoisotopic (exact) mass is 855 g/mol. The standard InChI is InChI=1S/C41H33F4N9O8/c1-22-18-23(41(43,44)45)19-33(47-22)53-31(21-46-40(53)61)39(60)52(26-9-6-24(42)7-10-26)16-2-4-25-8-14-32(51-50-25)48-34(55)5-3-17-62-27-11-12-28-29(20-27)38(59)54(37(28)58)30-13-15-35(56)49-36(30)57/h6-12,14,18-20,30-31H,3,5,13,15-17,21H2,1H3,(H,46,61)(H,48,51,55)(H,49,56,57)/t30?,31-/m0/s1. The Bertz CT molecular complexity index is 2560. The van der Waals surface area contributed by atoms with Crippen LogP contribution in [-0.4, -0.2) is 93.3 Å². The zero-order valence-corrected chi connectivity index (χ0v) is 32.4. The van der Waals surface area contributed by atoms with Gasteiger partial charge in [-0.2, -0.15) is 13.2 Å². The van der Waals surface area contributed by atoms with Gasteiger partial charge in [0.2, 0.25) is 17.7 Å². The molecule has 0 aliphatic carbocycles. The van der Waals surface area contributed by atoms with Crippen molar-refractivity contribution < 1.29 is 55.9 Å². The third-order valence-electron chi connectivity index (χ3n) is 9.79. The van der Waals surface area contributed by atoms with Crippen LogP contribution < -0.4 is 30.5 Å². The number of hydrogen-bond acceptors (Lipinski definition) is 11.